The Balaban J connectivity index is 2.73. The van der Waals surface area contributed by atoms with Crippen LogP contribution in [0.5, 0.6) is 0 Å². The van der Waals surface area contributed by atoms with Crippen molar-refractivity contribution in [1.82, 2.24) is 0 Å². The molecule has 6 nitrogen and oxygen atoms in total. The highest BCUT2D eigenvalue weighted by Gasteiger charge is 2.11. The minimum Gasteiger partial charge on any atom is -0.451 e. The number of nitro groups is 1. The lowest BCUT2D eigenvalue weighted by atomic mass is 10.2. The predicted molar refractivity (Wildman–Crippen MR) is 70.1 cm³/mol. The first-order valence-electron chi connectivity index (χ1n) is 5.14. The zero-order valence-corrected chi connectivity index (χ0v) is 10.9. The van der Waals surface area contributed by atoms with E-state index in [0.29, 0.717) is 11.2 Å². The molecule has 0 spiro atoms. The largest absolute Gasteiger partial charge is 0.451 e. The van der Waals surface area contributed by atoms with Gasteiger partial charge in [-0.25, -0.2) is 4.79 Å². The average Bonchev–Trinajstić information content (AvgIpc) is 2.38. The topological polar surface area (TPSA) is 86.5 Å². The number of aldehydes is 1. The number of non-ortho nitro benzene ring substituents is 1. The van der Waals surface area contributed by atoms with Crippen LogP contribution in [0.4, 0.5) is 5.69 Å². The summed E-state index contributed by atoms with van der Waals surface area (Å²) in [6, 6.07) is 3.91. The lowest BCUT2D eigenvalue weighted by Gasteiger charge is -2.06. The second-order valence-corrected chi connectivity index (χ2v) is 4.54. The number of esters is 1. The van der Waals surface area contributed by atoms with Gasteiger partial charge in [0.25, 0.3) is 5.69 Å². The smallest absolute Gasteiger partial charge is 0.333 e. The Kier molecular flexibility index (Phi) is 5.25. The van der Waals surface area contributed by atoms with Gasteiger partial charge in [0.2, 0.25) is 0 Å². The second kappa shape index (κ2) is 6.69. The van der Waals surface area contributed by atoms with Gasteiger partial charge in [-0.3, -0.25) is 14.9 Å². The molecular formula is C12H11NO5S. The quantitative estimate of drug-likeness (QED) is 0.151. The SMILES string of the molecule is C=C(C)C(=O)OCSc1ccc([N+](=O)[O-])cc1C=O. The molecule has 19 heavy (non-hydrogen) atoms. The Labute approximate surface area is 113 Å². The first kappa shape index (κ1) is 14.9. The zero-order chi connectivity index (χ0) is 14.4. The minimum atomic E-state index is -0.581. The molecule has 0 radical (unpaired) electrons. The summed E-state index contributed by atoms with van der Waals surface area (Å²) in [6.07, 6.45) is 0.524. The van der Waals surface area contributed by atoms with Gasteiger partial charge in [0.15, 0.2) is 6.29 Å². The van der Waals surface area contributed by atoms with E-state index in [-0.39, 0.29) is 22.8 Å². The van der Waals surface area contributed by atoms with Gasteiger partial charge in [-0.05, 0) is 13.0 Å². The van der Waals surface area contributed by atoms with Crippen molar-refractivity contribution in [3.8, 4) is 0 Å². The first-order chi connectivity index (χ1) is 8.95. The van der Waals surface area contributed by atoms with Gasteiger partial charge in [0, 0.05) is 28.2 Å². The van der Waals surface area contributed by atoms with E-state index in [4.69, 9.17) is 4.74 Å². The van der Waals surface area contributed by atoms with E-state index in [9.17, 15) is 19.7 Å². The number of rotatable bonds is 6. The summed E-state index contributed by atoms with van der Waals surface area (Å²) in [6.45, 7) is 4.95. The van der Waals surface area contributed by atoms with Crippen molar-refractivity contribution < 1.29 is 19.2 Å². The number of ether oxygens (including phenoxy) is 1. The maximum absolute atomic E-state index is 11.1. The first-order valence-corrected chi connectivity index (χ1v) is 6.13. The molecule has 0 aliphatic carbocycles. The summed E-state index contributed by atoms with van der Waals surface area (Å²) < 4.78 is 4.86. The van der Waals surface area contributed by atoms with E-state index in [1.165, 1.54) is 25.1 Å². The lowest BCUT2D eigenvalue weighted by Crippen LogP contribution is -2.04. The van der Waals surface area contributed by atoms with E-state index in [0.717, 1.165) is 11.8 Å². The molecule has 0 atom stereocenters. The van der Waals surface area contributed by atoms with Crippen LogP contribution in [0, 0.1) is 10.1 Å². The monoisotopic (exact) mass is 281 g/mol. The Morgan fingerprint density at radius 2 is 2.26 bits per heavy atom. The molecule has 0 aliphatic rings. The maximum Gasteiger partial charge on any atom is 0.333 e. The van der Waals surface area contributed by atoms with Gasteiger partial charge in [-0.2, -0.15) is 0 Å². The number of hydrogen-bond donors (Lipinski definition) is 0. The van der Waals surface area contributed by atoms with Crippen molar-refractivity contribution >= 4 is 29.7 Å². The molecule has 0 heterocycles. The third-order valence-electron chi connectivity index (χ3n) is 2.08. The van der Waals surface area contributed by atoms with Crippen molar-refractivity contribution in [3.63, 3.8) is 0 Å². The average molecular weight is 281 g/mol. The Bertz CT molecular complexity index is 541. The van der Waals surface area contributed by atoms with E-state index in [1.54, 1.807) is 0 Å². The fraction of sp³-hybridized carbons (Fsp3) is 0.167. The summed E-state index contributed by atoms with van der Waals surface area (Å²) in [5.74, 6) is -0.522. The van der Waals surface area contributed by atoms with Gasteiger partial charge in [-0.15, -0.1) is 0 Å². The summed E-state index contributed by atoms with van der Waals surface area (Å²) in [7, 11) is 0. The predicted octanol–water partition coefficient (Wildman–Crippen LogP) is 2.58. The van der Waals surface area contributed by atoms with Crippen LogP contribution in [-0.4, -0.2) is 23.1 Å². The van der Waals surface area contributed by atoms with Crippen LogP contribution < -0.4 is 0 Å². The van der Waals surface area contributed by atoms with E-state index in [1.807, 2.05) is 0 Å². The molecule has 0 aliphatic heterocycles. The third kappa shape index (κ3) is 4.22. The van der Waals surface area contributed by atoms with Gasteiger partial charge in [-0.1, -0.05) is 18.3 Å². The molecule has 100 valence electrons. The van der Waals surface area contributed by atoms with Crippen LogP contribution >= 0.6 is 11.8 Å². The highest BCUT2D eigenvalue weighted by atomic mass is 32.2. The molecule has 7 heteroatoms. The molecule has 1 rings (SSSR count). The van der Waals surface area contributed by atoms with Crippen LogP contribution in [0.2, 0.25) is 0 Å². The molecule has 0 N–H and O–H groups in total. The number of benzene rings is 1. The summed E-state index contributed by atoms with van der Waals surface area (Å²) in [5.41, 5.74) is 0.302. The van der Waals surface area contributed by atoms with E-state index in [2.05, 4.69) is 6.58 Å². The second-order valence-electron chi connectivity index (χ2n) is 3.57. The van der Waals surface area contributed by atoms with Gasteiger partial charge >= 0.3 is 5.97 Å². The van der Waals surface area contributed by atoms with Crippen LogP contribution in [-0.2, 0) is 9.53 Å². The number of carbonyl (C=O) groups excluding carboxylic acids is 2. The Morgan fingerprint density at radius 3 is 2.79 bits per heavy atom. The normalized spacial score (nSPS) is 9.74. The summed E-state index contributed by atoms with van der Waals surface area (Å²) >= 11 is 1.10. The number of nitrogens with zero attached hydrogens (tertiary/aromatic N) is 1. The van der Waals surface area contributed by atoms with E-state index >= 15 is 0 Å². The highest BCUT2D eigenvalue weighted by Crippen LogP contribution is 2.25. The molecule has 0 saturated heterocycles. The fourth-order valence-electron chi connectivity index (χ4n) is 1.14. The van der Waals surface area contributed by atoms with Gasteiger partial charge < -0.3 is 4.74 Å². The fourth-order valence-corrected chi connectivity index (χ4v) is 1.87. The summed E-state index contributed by atoms with van der Waals surface area (Å²) in [4.78, 5) is 32.5. The molecule has 0 amide bonds. The molecule has 0 bridgehead atoms. The van der Waals surface area contributed by atoms with Crippen LogP contribution in [0.3, 0.4) is 0 Å². The van der Waals surface area contributed by atoms with Crippen molar-refractivity contribution in [2.75, 3.05) is 5.94 Å². The molecule has 0 unspecified atom stereocenters. The Morgan fingerprint density at radius 1 is 1.58 bits per heavy atom. The molecule has 1 aromatic rings. The zero-order valence-electron chi connectivity index (χ0n) is 10.1. The van der Waals surface area contributed by atoms with Gasteiger partial charge in [0.05, 0.1) is 4.92 Å². The minimum absolute atomic E-state index is 0.00431. The van der Waals surface area contributed by atoms with Crippen molar-refractivity contribution in [2.45, 2.75) is 11.8 Å². The highest BCUT2D eigenvalue weighted by molar-refractivity contribution is 7.99. The van der Waals surface area contributed by atoms with Crippen LogP contribution in [0.15, 0.2) is 35.2 Å². The lowest BCUT2D eigenvalue weighted by molar-refractivity contribution is -0.384. The molecule has 0 aromatic heterocycles. The molecule has 0 fully saturated rings. The standard InChI is InChI=1S/C12H11NO5S/c1-8(2)12(15)18-7-19-11-4-3-10(13(16)17)5-9(11)6-14/h3-6H,1,7H2,2H3. The number of thioether (sulfide) groups is 1. The summed E-state index contributed by atoms with van der Waals surface area (Å²) in [5, 5.41) is 10.6. The van der Waals surface area contributed by atoms with Crippen LogP contribution in [0.25, 0.3) is 0 Å². The number of hydrogen-bond acceptors (Lipinski definition) is 6. The molecule has 0 saturated carbocycles. The van der Waals surface area contributed by atoms with Gasteiger partial charge in [0.1, 0.15) is 5.94 Å². The van der Waals surface area contributed by atoms with Crippen molar-refractivity contribution in [3.05, 3.63) is 46.0 Å². The molecular weight excluding hydrogens is 270 g/mol. The van der Waals surface area contributed by atoms with Crippen molar-refractivity contribution in [1.29, 1.82) is 0 Å². The number of nitro benzene ring substituents is 1. The van der Waals surface area contributed by atoms with E-state index < -0.39 is 10.9 Å². The number of carbonyl (C=O) groups is 2. The van der Waals surface area contributed by atoms with Crippen molar-refractivity contribution in [2.24, 2.45) is 0 Å². The Hall–Kier alpha value is -2.15. The molecule has 1 aromatic carbocycles. The maximum atomic E-state index is 11.1. The van der Waals surface area contributed by atoms with Crippen LogP contribution in [0.1, 0.15) is 17.3 Å². The third-order valence-corrected chi connectivity index (χ3v) is 3.00.